The van der Waals surface area contributed by atoms with Crippen molar-refractivity contribution in [1.29, 1.82) is 0 Å². The molecule has 2 aromatic carbocycles. The van der Waals surface area contributed by atoms with E-state index in [4.69, 9.17) is 32.7 Å². The number of benzene rings is 2. The Morgan fingerprint density at radius 3 is 2.31 bits per heavy atom. The quantitative estimate of drug-likeness (QED) is 0.479. The van der Waals surface area contributed by atoms with Gasteiger partial charge in [-0.05, 0) is 44.5 Å². The fraction of sp³-hybridized carbons (Fsp3) is 0.400. The zero-order chi connectivity index (χ0) is 19.3. The summed E-state index contributed by atoms with van der Waals surface area (Å²) >= 11 is 16.2. The summed E-state index contributed by atoms with van der Waals surface area (Å²) in [6, 6.07) is 9.26. The van der Waals surface area contributed by atoms with Gasteiger partial charge in [-0.25, -0.2) is 0 Å². The average molecular weight is 461 g/mol. The molecular formula is C20H24BrCl2NO2. The fourth-order valence-corrected chi connectivity index (χ4v) is 3.29. The topological polar surface area (TPSA) is 30.5 Å². The van der Waals surface area contributed by atoms with E-state index >= 15 is 0 Å². The molecule has 1 N–H and O–H groups in total. The number of rotatable bonds is 8. The molecule has 0 saturated carbocycles. The molecule has 0 aromatic heterocycles. The van der Waals surface area contributed by atoms with Gasteiger partial charge in [-0.3, -0.25) is 0 Å². The predicted octanol–water partition coefficient (Wildman–Crippen LogP) is 6.62. The van der Waals surface area contributed by atoms with Crippen molar-refractivity contribution in [3.05, 3.63) is 56.0 Å². The molecule has 0 bridgehead atoms. The van der Waals surface area contributed by atoms with E-state index in [0.29, 0.717) is 28.1 Å². The van der Waals surface area contributed by atoms with Crippen molar-refractivity contribution in [2.75, 3.05) is 7.11 Å². The van der Waals surface area contributed by atoms with Gasteiger partial charge in [0.15, 0.2) is 11.5 Å². The van der Waals surface area contributed by atoms with Gasteiger partial charge in [-0.15, -0.1) is 0 Å². The summed E-state index contributed by atoms with van der Waals surface area (Å²) in [6.45, 7) is 7.40. The van der Waals surface area contributed by atoms with E-state index in [1.807, 2.05) is 18.2 Å². The third-order valence-corrected chi connectivity index (χ3v) is 5.89. The van der Waals surface area contributed by atoms with E-state index < -0.39 is 0 Å². The molecule has 3 nitrogen and oxygen atoms in total. The van der Waals surface area contributed by atoms with Gasteiger partial charge in [0, 0.05) is 37.7 Å². The molecule has 0 spiro atoms. The maximum atomic E-state index is 6.26. The lowest BCUT2D eigenvalue weighted by molar-refractivity contribution is 0.278. The second-order valence-electron chi connectivity index (χ2n) is 6.64. The number of hydrogen-bond donors (Lipinski definition) is 1. The molecule has 0 radical (unpaired) electrons. The summed E-state index contributed by atoms with van der Waals surface area (Å²) in [7, 11) is 1.63. The first kappa shape index (κ1) is 21.4. The van der Waals surface area contributed by atoms with Crippen LogP contribution in [0.1, 0.15) is 38.3 Å². The van der Waals surface area contributed by atoms with Gasteiger partial charge in [0.05, 0.1) is 7.11 Å². The van der Waals surface area contributed by atoms with Crippen LogP contribution in [0.15, 0.2) is 34.8 Å². The van der Waals surface area contributed by atoms with Crippen LogP contribution in [0.2, 0.25) is 10.0 Å². The van der Waals surface area contributed by atoms with Gasteiger partial charge in [-0.1, -0.05) is 52.1 Å². The van der Waals surface area contributed by atoms with E-state index in [-0.39, 0.29) is 12.1 Å². The number of halogens is 3. The standard InChI is InChI=1S/C20H24BrCl2NO2/c1-5-20(2,3)24-11-13-15(21)9-10-18(25-4)19(13)26-12-14-16(22)7-6-8-17(14)23/h6-10,24H,5,11-12H2,1-4H3. The third kappa shape index (κ3) is 5.29. The first-order valence-electron chi connectivity index (χ1n) is 8.45. The van der Waals surface area contributed by atoms with Gasteiger partial charge < -0.3 is 14.8 Å². The van der Waals surface area contributed by atoms with Crippen molar-refractivity contribution in [2.45, 2.75) is 45.9 Å². The van der Waals surface area contributed by atoms with Crippen LogP contribution in [0.25, 0.3) is 0 Å². The highest BCUT2D eigenvalue weighted by molar-refractivity contribution is 9.10. The van der Waals surface area contributed by atoms with Crippen LogP contribution in [0.3, 0.4) is 0 Å². The second kappa shape index (κ2) is 9.32. The Balaban J connectivity index is 2.32. The van der Waals surface area contributed by atoms with Crippen molar-refractivity contribution < 1.29 is 9.47 Å². The molecule has 0 amide bonds. The predicted molar refractivity (Wildman–Crippen MR) is 113 cm³/mol. The van der Waals surface area contributed by atoms with Gasteiger partial charge >= 0.3 is 0 Å². The summed E-state index contributed by atoms with van der Waals surface area (Å²) in [4.78, 5) is 0. The molecule has 6 heteroatoms. The van der Waals surface area contributed by atoms with Crippen LogP contribution in [0.4, 0.5) is 0 Å². The summed E-state index contributed by atoms with van der Waals surface area (Å²) in [5.41, 5.74) is 1.77. The largest absolute Gasteiger partial charge is 0.493 e. The maximum absolute atomic E-state index is 6.26. The first-order chi connectivity index (χ1) is 12.3. The maximum Gasteiger partial charge on any atom is 0.167 e. The average Bonchev–Trinajstić information content (AvgIpc) is 2.60. The Morgan fingerprint density at radius 1 is 1.08 bits per heavy atom. The monoisotopic (exact) mass is 459 g/mol. The molecule has 26 heavy (non-hydrogen) atoms. The lowest BCUT2D eigenvalue weighted by Crippen LogP contribution is -2.38. The Kier molecular flexibility index (Phi) is 7.65. The molecule has 0 aliphatic carbocycles. The van der Waals surface area contributed by atoms with E-state index in [1.54, 1.807) is 19.2 Å². The minimum atomic E-state index is 0.0197. The van der Waals surface area contributed by atoms with Crippen LogP contribution >= 0.6 is 39.1 Å². The number of methoxy groups -OCH3 is 1. The molecular weight excluding hydrogens is 437 g/mol. The van der Waals surface area contributed by atoms with Gasteiger partial charge in [-0.2, -0.15) is 0 Å². The van der Waals surface area contributed by atoms with E-state index in [1.165, 1.54) is 0 Å². The van der Waals surface area contributed by atoms with E-state index in [2.05, 4.69) is 42.0 Å². The van der Waals surface area contributed by atoms with E-state index in [0.717, 1.165) is 22.0 Å². The molecule has 2 aromatic rings. The molecule has 142 valence electrons. The molecule has 2 rings (SSSR count). The smallest absolute Gasteiger partial charge is 0.167 e. The summed E-state index contributed by atoms with van der Waals surface area (Å²) in [6.07, 6.45) is 1.01. The zero-order valence-electron chi connectivity index (χ0n) is 15.5. The molecule has 0 heterocycles. The SMILES string of the molecule is CCC(C)(C)NCc1c(Br)ccc(OC)c1OCc1c(Cl)cccc1Cl. The minimum absolute atomic E-state index is 0.0197. The fourth-order valence-electron chi connectivity index (χ4n) is 2.33. The summed E-state index contributed by atoms with van der Waals surface area (Å²) in [5, 5.41) is 4.72. The Hall–Kier alpha value is -0.940. The van der Waals surface area contributed by atoms with Crippen molar-refractivity contribution in [3.63, 3.8) is 0 Å². The van der Waals surface area contributed by atoms with Crippen LogP contribution in [-0.4, -0.2) is 12.6 Å². The number of hydrogen-bond acceptors (Lipinski definition) is 3. The molecule has 0 aliphatic rings. The highest BCUT2D eigenvalue weighted by atomic mass is 79.9. The lowest BCUT2D eigenvalue weighted by atomic mass is 10.0. The third-order valence-electron chi connectivity index (χ3n) is 4.44. The summed E-state index contributed by atoms with van der Waals surface area (Å²) < 4.78 is 12.6. The normalized spacial score (nSPS) is 11.5. The Morgan fingerprint density at radius 2 is 1.73 bits per heavy atom. The highest BCUT2D eigenvalue weighted by Gasteiger charge is 2.20. The first-order valence-corrected chi connectivity index (χ1v) is 10.00. The van der Waals surface area contributed by atoms with Crippen LogP contribution < -0.4 is 14.8 Å². The second-order valence-corrected chi connectivity index (χ2v) is 8.31. The van der Waals surface area contributed by atoms with Gasteiger partial charge in [0.2, 0.25) is 0 Å². The lowest BCUT2D eigenvalue weighted by Gasteiger charge is -2.26. The molecule has 0 unspecified atom stereocenters. The van der Waals surface area contributed by atoms with Crippen molar-refractivity contribution >= 4 is 39.1 Å². The summed E-state index contributed by atoms with van der Waals surface area (Å²) in [5.74, 6) is 1.35. The Labute approximate surface area is 174 Å². The van der Waals surface area contributed by atoms with Crippen LogP contribution in [-0.2, 0) is 13.2 Å². The minimum Gasteiger partial charge on any atom is -0.493 e. The van der Waals surface area contributed by atoms with E-state index in [9.17, 15) is 0 Å². The molecule has 0 fully saturated rings. The molecule has 0 saturated heterocycles. The van der Waals surface area contributed by atoms with Crippen molar-refractivity contribution in [1.82, 2.24) is 5.32 Å². The number of ether oxygens (including phenoxy) is 2. The zero-order valence-corrected chi connectivity index (χ0v) is 18.6. The number of nitrogens with one attached hydrogen (secondary N) is 1. The Bertz CT molecular complexity index is 745. The van der Waals surface area contributed by atoms with Gasteiger partial charge in [0.25, 0.3) is 0 Å². The highest BCUT2D eigenvalue weighted by Crippen LogP contribution is 2.38. The van der Waals surface area contributed by atoms with Gasteiger partial charge in [0.1, 0.15) is 6.61 Å². The van der Waals surface area contributed by atoms with Crippen molar-refractivity contribution in [2.24, 2.45) is 0 Å². The molecule has 0 atom stereocenters. The van der Waals surface area contributed by atoms with Crippen LogP contribution in [0, 0.1) is 0 Å². The van der Waals surface area contributed by atoms with Crippen LogP contribution in [0.5, 0.6) is 11.5 Å². The van der Waals surface area contributed by atoms with Crippen molar-refractivity contribution in [3.8, 4) is 11.5 Å². The molecule has 0 aliphatic heterocycles.